The predicted molar refractivity (Wildman–Crippen MR) is 93.0 cm³/mol. The molecular formula is C16H28ClN5O. The summed E-state index contributed by atoms with van der Waals surface area (Å²) >= 11 is 0. The number of aromatic amines is 1. The topological polar surface area (TPSA) is 73.0 Å². The number of amides is 1. The van der Waals surface area contributed by atoms with E-state index in [1.807, 2.05) is 0 Å². The quantitative estimate of drug-likeness (QED) is 0.772. The predicted octanol–water partition coefficient (Wildman–Crippen LogP) is 1.33. The average molecular weight is 342 g/mol. The normalized spacial score (nSPS) is 22.8. The number of fused-ring (bicyclic) bond motifs is 1. The minimum absolute atomic E-state index is 0. The number of hydrogen-bond acceptors (Lipinski definition) is 4. The molecule has 6 nitrogen and oxygen atoms in total. The Morgan fingerprint density at radius 2 is 2.35 bits per heavy atom. The number of aromatic nitrogens is 2. The van der Waals surface area contributed by atoms with E-state index in [4.69, 9.17) is 0 Å². The zero-order valence-corrected chi connectivity index (χ0v) is 14.8. The number of carbonyl (C=O) groups excluding carboxylic acids is 1. The molecular weight excluding hydrogens is 314 g/mol. The van der Waals surface area contributed by atoms with Crippen LogP contribution < -0.4 is 10.6 Å². The van der Waals surface area contributed by atoms with Crippen LogP contribution in [0.2, 0.25) is 0 Å². The van der Waals surface area contributed by atoms with Crippen molar-refractivity contribution in [2.45, 2.75) is 45.7 Å². The maximum absolute atomic E-state index is 12.5. The van der Waals surface area contributed by atoms with E-state index in [2.05, 4.69) is 39.6 Å². The number of piperidine rings is 1. The van der Waals surface area contributed by atoms with E-state index in [0.717, 1.165) is 56.3 Å². The van der Waals surface area contributed by atoms with Gasteiger partial charge >= 0.3 is 0 Å². The monoisotopic (exact) mass is 341 g/mol. The zero-order chi connectivity index (χ0) is 15.5. The van der Waals surface area contributed by atoms with Crippen molar-refractivity contribution in [1.29, 1.82) is 0 Å². The molecule has 3 heterocycles. The molecule has 0 saturated carbocycles. The lowest BCUT2D eigenvalue weighted by molar-refractivity contribution is 0.0914. The Morgan fingerprint density at radius 3 is 3.13 bits per heavy atom. The van der Waals surface area contributed by atoms with Crippen LogP contribution in [-0.4, -0.2) is 53.2 Å². The average Bonchev–Trinajstić information content (AvgIpc) is 2.91. The Morgan fingerprint density at radius 1 is 1.52 bits per heavy atom. The SMILES string of the molecule is CC1CCCN(CC(C)NC(=O)c2n[nH]c3c2CNCC3)C1.Cl. The van der Waals surface area contributed by atoms with E-state index in [9.17, 15) is 4.79 Å². The number of nitrogens with one attached hydrogen (secondary N) is 3. The van der Waals surface area contributed by atoms with Crippen molar-refractivity contribution in [2.75, 3.05) is 26.2 Å². The lowest BCUT2D eigenvalue weighted by atomic mass is 10.00. The van der Waals surface area contributed by atoms with Gasteiger partial charge in [-0.1, -0.05) is 6.92 Å². The molecule has 1 fully saturated rings. The van der Waals surface area contributed by atoms with Crippen molar-refractivity contribution in [3.8, 4) is 0 Å². The number of carbonyl (C=O) groups is 1. The third kappa shape index (κ3) is 4.46. The Hall–Kier alpha value is -1.11. The number of rotatable bonds is 4. The van der Waals surface area contributed by atoms with Crippen LogP contribution in [0.5, 0.6) is 0 Å². The first-order valence-electron chi connectivity index (χ1n) is 8.43. The Balaban J connectivity index is 0.00000192. The summed E-state index contributed by atoms with van der Waals surface area (Å²) in [7, 11) is 0. The van der Waals surface area contributed by atoms with Crippen LogP contribution in [0.4, 0.5) is 0 Å². The van der Waals surface area contributed by atoms with Gasteiger partial charge in [0.2, 0.25) is 0 Å². The molecule has 2 unspecified atom stereocenters. The van der Waals surface area contributed by atoms with Gasteiger partial charge in [0.05, 0.1) is 0 Å². The third-order valence-electron chi connectivity index (χ3n) is 4.67. The van der Waals surface area contributed by atoms with Gasteiger partial charge in [0.25, 0.3) is 5.91 Å². The zero-order valence-electron chi connectivity index (χ0n) is 14.0. The fourth-order valence-electron chi connectivity index (χ4n) is 3.59. The van der Waals surface area contributed by atoms with E-state index in [1.54, 1.807) is 0 Å². The number of likely N-dealkylation sites (tertiary alicyclic amines) is 1. The van der Waals surface area contributed by atoms with Crippen molar-refractivity contribution < 1.29 is 4.79 Å². The van der Waals surface area contributed by atoms with Gasteiger partial charge in [0.1, 0.15) is 0 Å². The molecule has 23 heavy (non-hydrogen) atoms. The van der Waals surface area contributed by atoms with Crippen LogP contribution in [0.25, 0.3) is 0 Å². The fraction of sp³-hybridized carbons (Fsp3) is 0.750. The van der Waals surface area contributed by atoms with E-state index >= 15 is 0 Å². The molecule has 130 valence electrons. The first-order chi connectivity index (χ1) is 10.6. The molecule has 7 heteroatoms. The molecule has 3 rings (SSSR count). The summed E-state index contributed by atoms with van der Waals surface area (Å²) in [5.41, 5.74) is 2.69. The molecule has 0 radical (unpaired) electrons. The Labute approximate surface area is 144 Å². The summed E-state index contributed by atoms with van der Waals surface area (Å²) in [6, 6.07) is 0.140. The fourth-order valence-corrected chi connectivity index (χ4v) is 3.59. The molecule has 2 atom stereocenters. The molecule has 1 saturated heterocycles. The van der Waals surface area contributed by atoms with Gasteiger partial charge in [-0.05, 0) is 32.2 Å². The minimum Gasteiger partial charge on any atom is -0.347 e. The largest absolute Gasteiger partial charge is 0.347 e. The molecule has 0 aromatic carbocycles. The molecule has 2 aliphatic rings. The number of halogens is 1. The summed E-state index contributed by atoms with van der Waals surface area (Å²) < 4.78 is 0. The van der Waals surface area contributed by atoms with Gasteiger partial charge in [-0.3, -0.25) is 9.89 Å². The lowest BCUT2D eigenvalue weighted by Gasteiger charge is -2.32. The molecule has 2 aliphatic heterocycles. The highest BCUT2D eigenvalue weighted by Crippen LogP contribution is 2.17. The van der Waals surface area contributed by atoms with E-state index < -0.39 is 0 Å². The van der Waals surface area contributed by atoms with Gasteiger partial charge in [0.15, 0.2) is 5.69 Å². The summed E-state index contributed by atoms with van der Waals surface area (Å²) in [4.78, 5) is 14.9. The van der Waals surface area contributed by atoms with Gasteiger partial charge in [-0.25, -0.2) is 0 Å². The second-order valence-electron chi connectivity index (χ2n) is 6.84. The van der Waals surface area contributed by atoms with Crippen molar-refractivity contribution in [1.82, 2.24) is 25.7 Å². The second-order valence-corrected chi connectivity index (χ2v) is 6.84. The van der Waals surface area contributed by atoms with Crippen LogP contribution >= 0.6 is 12.4 Å². The van der Waals surface area contributed by atoms with Crippen molar-refractivity contribution >= 4 is 18.3 Å². The van der Waals surface area contributed by atoms with Crippen LogP contribution in [0.15, 0.2) is 0 Å². The van der Waals surface area contributed by atoms with Gasteiger partial charge < -0.3 is 15.5 Å². The molecule has 1 amide bonds. The molecule has 1 aromatic heterocycles. The summed E-state index contributed by atoms with van der Waals surface area (Å²) in [5, 5.41) is 13.6. The highest BCUT2D eigenvalue weighted by molar-refractivity contribution is 5.94. The maximum Gasteiger partial charge on any atom is 0.272 e. The minimum atomic E-state index is -0.0567. The van der Waals surface area contributed by atoms with E-state index in [0.29, 0.717) is 5.69 Å². The standard InChI is InChI=1S/C16H27N5O.ClH/c1-11-4-3-7-21(9-11)10-12(2)18-16(22)15-13-8-17-6-5-14(13)19-20-15;/h11-12,17H,3-10H2,1-2H3,(H,18,22)(H,19,20);1H. The van der Waals surface area contributed by atoms with Crippen molar-refractivity contribution in [2.24, 2.45) is 5.92 Å². The molecule has 0 bridgehead atoms. The summed E-state index contributed by atoms with van der Waals surface area (Å²) in [6.07, 6.45) is 3.50. The molecule has 0 aliphatic carbocycles. The Bertz CT molecular complexity index is 533. The van der Waals surface area contributed by atoms with Crippen molar-refractivity contribution in [3.63, 3.8) is 0 Å². The van der Waals surface area contributed by atoms with Crippen LogP contribution in [0.3, 0.4) is 0 Å². The van der Waals surface area contributed by atoms with Crippen LogP contribution in [0.1, 0.15) is 48.4 Å². The highest BCUT2D eigenvalue weighted by Gasteiger charge is 2.24. The lowest BCUT2D eigenvalue weighted by Crippen LogP contribution is -2.45. The second kappa shape index (κ2) is 8.13. The third-order valence-corrected chi connectivity index (χ3v) is 4.67. The smallest absolute Gasteiger partial charge is 0.272 e. The number of nitrogens with zero attached hydrogens (tertiary/aromatic N) is 2. The Kier molecular flexibility index (Phi) is 6.44. The molecule has 0 spiro atoms. The molecule has 1 aromatic rings. The van der Waals surface area contributed by atoms with Gasteiger partial charge in [-0.15, -0.1) is 12.4 Å². The van der Waals surface area contributed by atoms with Gasteiger partial charge in [-0.2, -0.15) is 5.10 Å². The van der Waals surface area contributed by atoms with Gasteiger partial charge in [0, 0.05) is 49.9 Å². The highest BCUT2D eigenvalue weighted by atomic mass is 35.5. The first-order valence-corrected chi connectivity index (χ1v) is 8.43. The maximum atomic E-state index is 12.5. The van der Waals surface area contributed by atoms with Crippen molar-refractivity contribution in [3.05, 3.63) is 17.0 Å². The van der Waals surface area contributed by atoms with E-state index in [-0.39, 0.29) is 24.4 Å². The first kappa shape index (κ1) is 18.2. The molecule has 3 N–H and O–H groups in total. The van der Waals surface area contributed by atoms with E-state index in [1.165, 1.54) is 12.8 Å². The number of hydrogen-bond donors (Lipinski definition) is 3. The number of H-pyrrole nitrogens is 1. The van der Waals surface area contributed by atoms with Crippen LogP contribution in [-0.2, 0) is 13.0 Å². The van der Waals surface area contributed by atoms with Crippen LogP contribution in [0, 0.1) is 5.92 Å². The summed E-state index contributed by atoms with van der Waals surface area (Å²) in [5.74, 6) is 0.708. The summed E-state index contributed by atoms with van der Waals surface area (Å²) in [6.45, 7) is 9.26.